The number of halogens is 1. The van der Waals surface area contributed by atoms with Crippen molar-refractivity contribution in [1.82, 2.24) is 9.97 Å². The Hall–Kier alpha value is -2.96. The third-order valence-corrected chi connectivity index (χ3v) is 5.31. The number of nitrogens with two attached hydrogens (primary N) is 1. The van der Waals surface area contributed by atoms with E-state index in [2.05, 4.69) is 17.2 Å². The molecule has 146 valence electrons. The van der Waals surface area contributed by atoms with Gasteiger partial charge in [0.2, 0.25) is 5.71 Å². The number of hydrogen-bond donors (Lipinski definition) is 2. The lowest BCUT2D eigenvalue weighted by Crippen LogP contribution is -2.20. The summed E-state index contributed by atoms with van der Waals surface area (Å²) in [6.07, 6.45) is 2.72. The van der Waals surface area contributed by atoms with E-state index in [1.54, 1.807) is 19.1 Å². The number of carbonyl (C=O) groups is 1. The summed E-state index contributed by atoms with van der Waals surface area (Å²) in [5.74, 6) is 0.776. The van der Waals surface area contributed by atoms with E-state index in [0.717, 1.165) is 18.4 Å². The molecule has 1 fully saturated rings. The lowest BCUT2D eigenvalue weighted by atomic mass is 10.00. The monoisotopic (exact) mass is 382 g/mol. The molecule has 1 unspecified atom stereocenters. The summed E-state index contributed by atoms with van der Waals surface area (Å²) in [5, 5.41) is 3.98. The topological polar surface area (TPSA) is 94.0 Å². The third kappa shape index (κ3) is 3.44. The average molecular weight is 382 g/mol. The van der Waals surface area contributed by atoms with Gasteiger partial charge in [-0.1, -0.05) is 19.1 Å². The Morgan fingerprint density at radius 2 is 2.00 bits per heavy atom. The van der Waals surface area contributed by atoms with Crippen molar-refractivity contribution < 1.29 is 13.6 Å². The Bertz CT molecular complexity index is 1050. The van der Waals surface area contributed by atoms with Crippen LogP contribution in [-0.4, -0.2) is 21.4 Å². The molecule has 1 aliphatic rings. The highest BCUT2D eigenvalue weighted by molar-refractivity contribution is 6.09. The summed E-state index contributed by atoms with van der Waals surface area (Å²) in [6.45, 7) is 5.82. The van der Waals surface area contributed by atoms with E-state index in [4.69, 9.17) is 15.1 Å². The van der Waals surface area contributed by atoms with Gasteiger partial charge in [-0.05, 0) is 50.8 Å². The standard InChI is InChI=1S/C21H23FN4O2/c1-11(10-13-4-6-14(22)7-5-13)18-24-19(26-21(3)8-9-21)16-15(17(23)27)12(2)28-20(16)25-18/h4-7,11H,8-10H2,1-3H3,(H2,23,27)(H,24,25,26). The number of nitrogens with zero attached hydrogens (tertiary/aromatic N) is 2. The first-order valence-electron chi connectivity index (χ1n) is 9.39. The molecule has 6 nitrogen and oxygen atoms in total. The summed E-state index contributed by atoms with van der Waals surface area (Å²) in [5.41, 5.74) is 7.20. The van der Waals surface area contributed by atoms with Crippen LogP contribution in [0.3, 0.4) is 0 Å². The summed E-state index contributed by atoms with van der Waals surface area (Å²) in [4.78, 5) is 21.3. The molecule has 0 saturated heterocycles. The number of fused-ring (bicyclic) bond motifs is 1. The van der Waals surface area contributed by atoms with Crippen LogP contribution >= 0.6 is 0 Å². The van der Waals surface area contributed by atoms with E-state index in [-0.39, 0.29) is 17.3 Å². The maximum Gasteiger partial charge on any atom is 0.253 e. The minimum atomic E-state index is -0.559. The van der Waals surface area contributed by atoms with Crippen LogP contribution in [0.25, 0.3) is 11.1 Å². The predicted molar refractivity (Wildman–Crippen MR) is 105 cm³/mol. The number of nitrogens with one attached hydrogen (secondary N) is 1. The van der Waals surface area contributed by atoms with Gasteiger partial charge in [-0.25, -0.2) is 9.37 Å². The molecule has 0 radical (unpaired) electrons. The predicted octanol–water partition coefficient (Wildman–Crippen LogP) is 4.08. The van der Waals surface area contributed by atoms with Crippen LogP contribution in [0.1, 0.15) is 60.1 Å². The van der Waals surface area contributed by atoms with Crippen LogP contribution in [0.4, 0.5) is 10.2 Å². The largest absolute Gasteiger partial charge is 0.442 e. The fourth-order valence-electron chi connectivity index (χ4n) is 3.40. The van der Waals surface area contributed by atoms with Gasteiger partial charge in [0.05, 0.1) is 10.9 Å². The van der Waals surface area contributed by atoms with Gasteiger partial charge in [0.1, 0.15) is 23.2 Å². The quantitative estimate of drug-likeness (QED) is 0.670. The number of primary amides is 1. The minimum Gasteiger partial charge on any atom is -0.442 e. The SMILES string of the molecule is Cc1oc2nc(C(C)Cc3ccc(F)cc3)nc(NC3(C)CC3)c2c1C(N)=O. The van der Waals surface area contributed by atoms with Gasteiger partial charge in [-0.15, -0.1) is 0 Å². The molecule has 7 heteroatoms. The highest BCUT2D eigenvalue weighted by Crippen LogP contribution is 2.40. The maximum absolute atomic E-state index is 13.2. The van der Waals surface area contributed by atoms with E-state index in [1.165, 1.54) is 12.1 Å². The Kier molecular flexibility index (Phi) is 4.33. The third-order valence-electron chi connectivity index (χ3n) is 5.31. The van der Waals surface area contributed by atoms with Crippen molar-refractivity contribution in [3.05, 3.63) is 52.8 Å². The highest BCUT2D eigenvalue weighted by Gasteiger charge is 2.39. The van der Waals surface area contributed by atoms with Gasteiger partial charge in [-0.3, -0.25) is 4.79 Å². The Balaban J connectivity index is 1.76. The molecular weight excluding hydrogens is 359 g/mol. The second kappa shape index (κ2) is 6.58. The van der Waals surface area contributed by atoms with Gasteiger partial charge in [-0.2, -0.15) is 4.98 Å². The van der Waals surface area contributed by atoms with Gasteiger partial charge >= 0.3 is 0 Å². The van der Waals surface area contributed by atoms with Gasteiger partial charge in [0, 0.05) is 11.5 Å². The molecule has 0 spiro atoms. The summed E-state index contributed by atoms with van der Waals surface area (Å²) < 4.78 is 18.9. The molecule has 2 heterocycles. The molecular formula is C21H23FN4O2. The van der Waals surface area contributed by atoms with Crippen molar-refractivity contribution in [2.75, 3.05) is 5.32 Å². The minimum absolute atomic E-state index is 0.0233. The number of aromatic nitrogens is 2. The Labute approximate surface area is 162 Å². The second-order valence-electron chi connectivity index (χ2n) is 7.93. The summed E-state index contributed by atoms with van der Waals surface area (Å²) in [7, 11) is 0. The molecule has 3 aromatic rings. The van der Waals surface area contributed by atoms with Crippen molar-refractivity contribution in [2.45, 2.75) is 51.5 Å². The molecule has 1 aliphatic carbocycles. The van der Waals surface area contributed by atoms with Crippen LogP contribution in [0.5, 0.6) is 0 Å². The number of hydrogen-bond acceptors (Lipinski definition) is 5. The second-order valence-corrected chi connectivity index (χ2v) is 7.93. The van der Waals surface area contributed by atoms with Crippen LogP contribution in [0, 0.1) is 12.7 Å². The maximum atomic E-state index is 13.2. The molecule has 2 aromatic heterocycles. The van der Waals surface area contributed by atoms with Crippen LogP contribution < -0.4 is 11.1 Å². The normalized spacial score (nSPS) is 16.1. The Morgan fingerprint density at radius 3 is 2.61 bits per heavy atom. The summed E-state index contributed by atoms with van der Waals surface area (Å²) in [6, 6.07) is 6.41. The molecule has 1 atom stereocenters. The molecule has 1 saturated carbocycles. The average Bonchev–Trinajstić information content (AvgIpc) is 3.24. The zero-order valence-electron chi connectivity index (χ0n) is 16.2. The fourth-order valence-corrected chi connectivity index (χ4v) is 3.40. The van der Waals surface area contributed by atoms with E-state index in [0.29, 0.717) is 40.5 Å². The first-order valence-corrected chi connectivity index (χ1v) is 9.39. The number of furan rings is 1. The number of anilines is 1. The molecule has 1 aromatic carbocycles. The summed E-state index contributed by atoms with van der Waals surface area (Å²) >= 11 is 0. The van der Waals surface area contributed by atoms with E-state index in [1.807, 2.05) is 6.92 Å². The van der Waals surface area contributed by atoms with Gasteiger partial charge in [0.15, 0.2) is 0 Å². The van der Waals surface area contributed by atoms with E-state index < -0.39 is 5.91 Å². The van der Waals surface area contributed by atoms with Crippen molar-refractivity contribution in [3.63, 3.8) is 0 Å². The number of rotatable bonds is 6. The molecule has 4 rings (SSSR count). The number of aryl methyl sites for hydroxylation is 1. The van der Waals surface area contributed by atoms with Crippen LogP contribution in [0.2, 0.25) is 0 Å². The van der Waals surface area contributed by atoms with E-state index >= 15 is 0 Å². The molecule has 3 N–H and O–H groups in total. The molecule has 28 heavy (non-hydrogen) atoms. The van der Waals surface area contributed by atoms with E-state index in [9.17, 15) is 9.18 Å². The van der Waals surface area contributed by atoms with Crippen molar-refractivity contribution >= 4 is 22.8 Å². The van der Waals surface area contributed by atoms with Crippen LogP contribution in [-0.2, 0) is 6.42 Å². The number of amides is 1. The van der Waals surface area contributed by atoms with Crippen LogP contribution in [0.15, 0.2) is 28.7 Å². The first-order chi connectivity index (χ1) is 13.3. The zero-order chi connectivity index (χ0) is 20.1. The van der Waals surface area contributed by atoms with Crippen molar-refractivity contribution in [2.24, 2.45) is 5.73 Å². The highest BCUT2D eigenvalue weighted by atomic mass is 19.1. The van der Waals surface area contributed by atoms with Gasteiger partial charge in [0.25, 0.3) is 5.91 Å². The molecule has 0 bridgehead atoms. The number of benzene rings is 1. The zero-order valence-corrected chi connectivity index (χ0v) is 16.2. The fraction of sp³-hybridized carbons (Fsp3) is 0.381. The lowest BCUT2D eigenvalue weighted by molar-refractivity contribution is 0.1000. The first kappa shape index (κ1) is 18.4. The Morgan fingerprint density at radius 1 is 1.32 bits per heavy atom. The lowest BCUT2D eigenvalue weighted by Gasteiger charge is -2.16. The molecule has 1 amide bonds. The van der Waals surface area contributed by atoms with Crippen molar-refractivity contribution in [3.8, 4) is 0 Å². The molecule has 0 aliphatic heterocycles. The number of carbonyl (C=O) groups excluding carboxylic acids is 1. The van der Waals surface area contributed by atoms with Gasteiger partial charge < -0.3 is 15.5 Å². The smallest absolute Gasteiger partial charge is 0.253 e. The van der Waals surface area contributed by atoms with Crippen molar-refractivity contribution in [1.29, 1.82) is 0 Å².